The van der Waals surface area contributed by atoms with Crippen LogP contribution in [0.2, 0.25) is 0 Å². The van der Waals surface area contributed by atoms with Crippen molar-refractivity contribution in [1.29, 1.82) is 0 Å². The van der Waals surface area contributed by atoms with Crippen LogP contribution in [0.4, 0.5) is 0 Å². The lowest BCUT2D eigenvalue weighted by atomic mass is 10.0. The van der Waals surface area contributed by atoms with Crippen molar-refractivity contribution in [3.05, 3.63) is 39.7 Å². The van der Waals surface area contributed by atoms with Gasteiger partial charge in [-0.1, -0.05) is 38.1 Å². The molecule has 3 rings (SSSR count). The van der Waals surface area contributed by atoms with Gasteiger partial charge in [0.1, 0.15) is 0 Å². The first-order valence-corrected chi connectivity index (χ1v) is 8.25. The van der Waals surface area contributed by atoms with Gasteiger partial charge in [0, 0.05) is 22.9 Å². The molecular formula is C17H22N2S. The first kappa shape index (κ1) is 13.8. The van der Waals surface area contributed by atoms with E-state index in [1.807, 2.05) is 11.3 Å². The minimum atomic E-state index is 0.584. The highest BCUT2D eigenvalue weighted by Crippen LogP contribution is 2.33. The van der Waals surface area contributed by atoms with Gasteiger partial charge in [0.25, 0.3) is 0 Å². The van der Waals surface area contributed by atoms with Gasteiger partial charge in [-0.25, -0.2) is 4.98 Å². The van der Waals surface area contributed by atoms with Gasteiger partial charge in [0.2, 0.25) is 0 Å². The van der Waals surface area contributed by atoms with Crippen LogP contribution in [0.1, 0.15) is 47.6 Å². The average molecular weight is 286 g/mol. The summed E-state index contributed by atoms with van der Waals surface area (Å²) in [6, 6.07) is 8.90. The Morgan fingerprint density at radius 2 is 2.00 bits per heavy atom. The molecule has 0 saturated carbocycles. The van der Waals surface area contributed by atoms with Crippen LogP contribution in [-0.4, -0.2) is 18.1 Å². The molecule has 0 bridgehead atoms. The molecule has 1 unspecified atom stereocenters. The molecule has 0 amide bonds. The highest BCUT2D eigenvalue weighted by molar-refractivity contribution is 7.12. The van der Waals surface area contributed by atoms with Crippen molar-refractivity contribution in [2.75, 3.05) is 13.1 Å². The largest absolute Gasteiger partial charge is 0.316 e. The summed E-state index contributed by atoms with van der Waals surface area (Å²) < 4.78 is 0. The molecule has 1 saturated heterocycles. The molecular weight excluding hydrogens is 264 g/mol. The quantitative estimate of drug-likeness (QED) is 0.909. The highest BCUT2D eigenvalue weighted by Gasteiger charge is 2.21. The van der Waals surface area contributed by atoms with Crippen molar-refractivity contribution in [2.45, 2.75) is 39.0 Å². The van der Waals surface area contributed by atoms with E-state index in [1.165, 1.54) is 33.1 Å². The fraction of sp³-hybridized carbons (Fsp3) is 0.471. The lowest BCUT2D eigenvalue weighted by molar-refractivity contribution is 0.756. The van der Waals surface area contributed by atoms with Gasteiger partial charge in [0.15, 0.2) is 0 Å². The van der Waals surface area contributed by atoms with Crippen molar-refractivity contribution in [3.63, 3.8) is 0 Å². The van der Waals surface area contributed by atoms with Gasteiger partial charge < -0.3 is 5.32 Å². The van der Waals surface area contributed by atoms with E-state index in [1.54, 1.807) is 0 Å². The van der Waals surface area contributed by atoms with Crippen molar-refractivity contribution in [3.8, 4) is 11.3 Å². The molecule has 1 aliphatic rings. The highest BCUT2D eigenvalue weighted by atomic mass is 32.1. The summed E-state index contributed by atoms with van der Waals surface area (Å²) in [4.78, 5) is 6.25. The van der Waals surface area contributed by atoms with Crippen LogP contribution >= 0.6 is 11.3 Å². The second-order valence-corrected chi connectivity index (χ2v) is 7.16. The molecule has 1 aromatic heterocycles. The van der Waals surface area contributed by atoms with Gasteiger partial charge in [-0.05, 0) is 31.4 Å². The molecule has 1 N–H and O–H groups in total. The third-order valence-electron chi connectivity index (χ3n) is 4.07. The van der Waals surface area contributed by atoms with E-state index < -0.39 is 0 Å². The second kappa shape index (κ2) is 5.66. The Labute approximate surface area is 125 Å². The van der Waals surface area contributed by atoms with E-state index >= 15 is 0 Å². The molecule has 2 heterocycles. The molecule has 0 aliphatic carbocycles. The smallest absolute Gasteiger partial charge is 0.0979 e. The molecule has 106 valence electrons. The third-order valence-corrected chi connectivity index (χ3v) is 5.21. The summed E-state index contributed by atoms with van der Waals surface area (Å²) in [5, 5.41) is 4.73. The molecule has 1 fully saturated rings. The molecule has 20 heavy (non-hydrogen) atoms. The van der Waals surface area contributed by atoms with Crippen LogP contribution in [0.5, 0.6) is 0 Å². The molecule has 0 radical (unpaired) electrons. The van der Waals surface area contributed by atoms with Crippen molar-refractivity contribution in [1.82, 2.24) is 10.3 Å². The van der Waals surface area contributed by atoms with Gasteiger partial charge in [0.05, 0.1) is 10.7 Å². The normalized spacial score (nSPS) is 18.9. The van der Waals surface area contributed by atoms with E-state index in [9.17, 15) is 0 Å². The Hall–Kier alpha value is -1.19. The van der Waals surface area contributed by atoms with Gasteiger partial charge in [-0.3, -0.25) is 0 Å². The number of aromatic nitrogens is 1. The van der Waals surface area contributed by atoms with E-state index in [0.29, 0.717) is 11.8 Å². The van der Waals surface area contributed by atoms with Crippen LogP contribution in [0, 0.1) is 6.92 Å². The van der Waals surface area contributed by atoms with Crippen LogP contribution < -0.4 is 5.32 Å². The maximum atomic E-state index is 4.92. The van der Waals surface area contributed by atoms with Gasteiger partial charge >= 0.3 is 0 Å². The summed E-state index contributed by atoms with van der Waals surface area (Å²) in [6.45, 7) is 8.86. The number of aryl methyl sites for hydroxylation is 1. The number of nitrogens with one attached hydrogen (secondary N) is 1. The molecule has 1 atom stereocenters. The topological polar surface area (TPSA) is 24.9 Å². The maximum absolute atomic E-state index is 4.92. The van der Waals surface area contributed by atoms with Crippen LogP contribution in [-0.2, 0) is 0 Å². The zero-order chi connectivity index (χ0) is 14.1. The maximum Gasteiger partial charge on any atom is 0.0979 e. The van der Waals surface area contributed by atoms with E-state index in [4.69, 9.17) is 4.98 Å². The standard InChI is InChI=1S/C17H22N2S/c1-11(2)13-4-6-14(7-5-13)16-12(3)20-17(19-16)15-8-9-18-10-15/h4-7,11,15,18H,8-10H2,1-3H3. The Morgan fingerprint density at radius 1 is 1.25 bits per heavy atom. The van der Waals surface area contributed by atoms with Crippen LogP contribution in [0.25, 0.3) is 11.3 Å². The fourth-order valence-corrected chi connectivity index (χ4v) is 3.83. The first-order valence-electron chi connectivity index (χ1n) is 7.43. The number of hydrogen-bond donors (Lipinski definition) is 1. The molecule has 3 heteroatoms. The predicted molar refractivity (Wildman–Crippen MR) is 86.6 cm³/mol. The fourth-order valence-electron chi connectivity index (χ4n) is 2.75. The Balaban J connectivity index is 1.89. The zero-order valence-corrected chi connectivity index (χ0v) is 13.3. The first-order chi connectivity index (χ1) is 9.65. The Kier molecular flexibility index (Phi) is 3.90. The summed E-state index contributed by atoms with van der Waals surface area (Å²) in [6.07, 6.45) is 1.22. The van der Waals surface area contributed by atoms with Gasteiger partial charge in [-0.15, -0.1) is 11.3 Å². The van der Waals surface area contributed by atoms with Gasteiger partial charge in [-0.2, -0.15) is 0 Å². The van der Waals surface area contributed by atoms with Crippen molar-refractivity contribution < 1.29 is 0 Å². The number of thiazole rings is 1. The minimum absolute atomic E-state index is 0.584. The summed E-state index contributed by atoms with van der Waals surface area (Å²) in [7, 11) is 0. The summed E-state index contributed by atoms with van der Waals surface area (Å²) >= 11 is 1.87. The third kappa shape index (κ3) is 2.65. The SMILES string of the molecule is Cc1sc(C2CCNC2)nc1-c1ccc(C(C)C)cc1. The van der Waals surface area contributed by atoms with Crippen molar-refractivity contribution >= 4 is 11.3 Å². The predicted octanol–water partition coefficient (Wildman–Crippen LogP) is 4.32. The van der Waals surface area contributed by atoms with Crippen LogP contribution in [0.15, 0.2) is 24.3 Å². The van der Waals surface area contributed by atoms with E-state index in [-0.39, 0.29) is 0 Å². The molecule has 1 aromatic carbocycles. The molecule has 1 aliphatic heterocycles. The number of nitrogens with zero attached hydrogens (tertiary/aromatic N) is 1. The monoisotopic (exact) mass is 286 g/mol. The Morgan fingerprint density at radius 3 is 2.60 bits per heavy atom. The van der Waals surface area contributed by atoms with Crippen LogP contribution in [0.3, 0.4) is 0 Å². The molecule has 2 nitrogen and oxygen atoms in total. The second-order valence-electron chi connectivity index (χ2n) is 5.92. The molecule has 0 spiro atoms. The van der Waals surface area contributed by atoms with E-state index in [2.05, 4.69) is 50.4 Å². The lowest BCUT2D eigenvalue weighted by Gasteiger charge is -2.06. The summed E-state index contributed by atoms with van der Waals surface area (Å²) in [5.74, 6) is 1.20. The average Bonchev–Trinajstić information content (AvgIpc) is 3.08. The number of hydrogen-bond acceptors (Lipinski definition) is 3. The number of rotatable bonds is 3. The zero-order valence-electron chi connectivity index (χ0n) is 12.4. The minimum Gasteiger partial charge on any atom is -0.316 e. The van der Waals surface area contributed by atoms with E-state index in [0.717, 1.165) is 13.1 Å². The lowest BCUT2D eigenvalue weighted by Crippen LogP contribution is -2.07. The van der Waals surface area contributed by atoms with Crippen molar-refractivity contribution in [2.24, 2.45) is 0 Å². The molecule has 2 aromatic rings. The number of benzene rings is 1. The summed E-state index contributed by atoms with van der Waals surface area (Å²) in [5.41, 5.74) is 3.81. The Bertz CT molecular complexity index is 578.